The van der Waals surface area contributed by atoms with Gasteiger partial charge in [-0.15, -0.1) is 0 Å². The van der Waals surface area contributed by atoms with Crippen LogP contribution in [0, 0.1) is 5.41 Å². The third-order valence-electron chi connectivity index (χ3n) is 3.52. The van der Waals surface area contributed by atoms with E-state index in [0.29, 0.717) is 6.42 Å². The molecule has 1 aliphatic carbocycles. The van der Waals surface area contributed by atoms with Crippen molar-refractivity contribution in [1.82, 2.24) is 14.5 Å². The van der Waals surface area contributed by atoms with Crippen molar-refractivity contribution >= 4 is 21.9 Å². The SMILES string of the molecule is O=C(O)C1(C(=O)NS(=O)(=O)c2cnn(CC(F)F)c2)CCC1. The molecule has 1 fully saturated rings. The van der Waals surface area contributed by atoms with E-state index in [2.05, 4.69) is 5.10 Å². The molecule has 11 heteroatoms. The van der Waals surface area contributed by atoms with Gasteiger partial charge in [-0.3, -0.25) is 14.3 Å². The van der Waals surface area contributed by atoms with Gasteiger partial charge in [-0.2, -0.15) is 5.10 Å². The lowest BCUT2D eigenvalue weighted by Crippen LogP contribution is -2.52. The van der Waals surface area contributed by atoms with E-state index in [-0.39, 0.29) is 12.8 Å². The predicted octanol–water partition coefficient (Wildman–Crippen LogP) is 0.208. The minimum absolute atomic E-state index is 0.0499. The van der Waals surface area contributed by atoms with E-state index in [1.54, 1.807) is 4.72 Å². The van der Waals surface area contributed by atoms with Crippen LogP contribution in [0.2, 0.25) is 0 Å². The molecule has 1 aromatic rings. The van der Waals surface area contributed by atoms with Crippen molar-refractivity contribution in [1.29, 1.82) is 0 Å². The van der Waals surface area contributed by atoms with E-state index < -0.39 is 45.2 Å². The molecule has 2 N–H and O–H groups in total. The third-order valence-corrected chi connectivity index (χ3v) is 4.81. The van der Waals surface area contributed by atoms with E-state index in [1.807, 2.05) is 0 Å². The molecule has 0 radical (unpaired) electrons. The van der Waals surface area contributed by atoms with E-state index in [1.165, 1.54) is 0 Å². The fourth-order valence-corrected chi connectivity index (χ4v) is 3.08. The topological polar surface area (TPSA) is 118 Å². The van der Waals surface area contributed by atoms with Gasteiger partial charge in [-0.25, -0.2) is 21.9 Å². The zero-order valence-electron chi connectivity index (χ0n) is 11.2. The van der Waals surface area contributed by atoms with E-state index in [0.717, 1.165) is 17.1 Å². The maximum atomic E-state index is 12.2. The molecule has 1 aliphatic rings. The lowest BCUT2D eigenvalue weighted by Gasteiger charge is -2.35. The molecule has 0 spiro atoms. The second-order valence-corrected chi connectivity index (χ2v) is 6.65. The smallest absolute Gasteiger partial charge is 0.319 e. The van der Waals surface area contributed by atoms with Crippen molar-refractivity contribution < 1.29 is 31.9 Å². The third kappa shape index (κ3) is 2.93. The monoisotopic (exact) mass is 337 g/mol. The van der Waals surface area contributed by atoms with Gasteiger partial charge in [0.1, 0.15) is 16.9 Å². The molecular weight excluding hydrogens is 324 g/mol. The molecule has 0 saturated heterocycles. The van der Waals surface area contributed by atoms with Crippen LogP contribution in [0.5, 0.6) is 0 Å². The van der Waals surface area contributed by atoms with Gasteiger partial charge < -0.3 is 5.11 Å². The first-order valence-electron chi connectivity index (χ1n) is 6.29. The summed E-state index contributed by atoms with van der Waals surface area (Å²) in [6.07, 6.45) is -0.452. The minimum Gasteiger partial charge on any atom is -0.480 e. The average molecular weight is 337 g/mol. The summed E-state index contributed by atoms with van der Waals surface area (Å²) in [6, 6.07) is 0. The van der Waals surface area contributed by atoms with Gasteiger partial charge >= 0.3 is 5.97 Å². The van der Waals surface area contributed by atoms with Gasteiger partial charge in [-0.05, 0) is 12.8 Å². The zero-order chi connectivity index (χ0) is 16.5. The summed E-state index contributed by atoms with van der Waals surface area (Å²) < 4.78 is 50.7. The Balaban J connectivity index is 2.16. The highest BCUT2D eigenvalue weighted by Gasteiger charge is 2.52. The number of hydrogen-bond donors (Lipinski definition) is 2. The Morgan fingerprint density at radius 1 is 1.45 bits per heavy atom. The highest BCUT2D eigenvalue weighted by molar-refractivity contribution is 7.90. The number of hydrogen-bond acceptors (Lipinski definition) is 5. The standard InChI is InChI=1S/C11H13F2N3O5S/c12-8(13)6-16-5-7(4-14-16)22(20,21)15-9(17)11(10(18)19)2-1-3-11/h4-5,8H,1-3,6H2,(H,15,17)(H,18,19). The van der Waals surface area contributed by atoms with Crippen molar-refractivity contribution in [2.24, 2.45) is 5.41 Å². The summed E-state index contributed by atoms with van der Waals surface area (Å²) >= 11 is 0. The van der Waals surface area contributed by atoms with Gasteiger partial charge in [0.15, 0.2) is 0 Å². The number of amides is 1. The number of carboxylic acid groups (broad SMARTS) is 1. The molecule has 122 valence electrons. The number of aliphatic carboxylic acids is 1. The molecule has 1 heterocycles. The normalized spacial score (nSPS) is 17.0. The largest absolute Gasteiger partial charge is 0.480 e. The quantitative estimate of drug-likeness (QED) is 0.716. The van der Waals surface area contributed by atoms with Crippen molar-refractivity contribution in [3.63, 3.8) is 0 Å². The number of sulfonamides is 1. The predicted molar refractivity (Wildman–Crippen MR) is 67.5 cm³/mol. The van der Waals surface area contributed by atoms with Crippen molar-refractivity contribution in [3.05, 3.63) is 12.4 Å². The first-order chi connectivity index (χ1) is 10.2. The Morgan fingerprint density at radius 3 is 2.55 bits per heavy atom. The number of carboxylic acids is 1. The number of rotatable bonds is 6. The number of halogens is 2. The van der Waals surface area contributed by atoms with Gasteiger partial charge in [0, 0.05) is 6.20 Å². The molecule has 8 nitrogen and oxygen atoms in total. The Bertz CT molecular complexity index is 696. The summed E-state index contributed by atoms with van der Waals surface area (Å²) in [7, 11) is -4.36. The molecule has 0 aliphatic heterocycles. The number of carbonyl (C=O) groups excluding carboxylic acids is 1. The second-order valence-electron chi connectivity index (χ2n) is 4.96. The van der Waals surface area contributed by atoms with Crippen LogP contribution in [-0.4, -0.2) is 41.6 Å². The van der Waals surface area contributed by atoms with E-state index in [9.17, 15) is 26.8 Å². The number of alkyl halides is 2. The number of nitrogens with one attached hydrogen (secondary N) is 1. The Hall–Kier alpha value is -2.04. The van der Waals surface area contributed by atoms with Gasteiger partial charge in [0.2, 0.25) is 0 Å². The van der Waals surface area contributed by atoms with E-state index >= 15 is 0 Å². The Kier molecular flexibility index (Phi) is 4.18. The van der Waals surface area contributed by atoms with Crippen molar-refractivity contribution in [2.75, 3.05) is 0 Å². The van der Waals surface area contributed by atoms with Crippen LogP contribution in [0.25, 0.3) is 0 Å². The first-order valence-corrected chi connectivity index (χ1v) is 7.77. The molecule has 0 unspecified atom stereocenters. The maximum absolute atomic E-state index is 12.2. The summed E-state index contributed by atoms with van der Waals surface area (Å²) in [5.41, 5.74) is -1.74. The van der Waals surface area contributed by atoms with Crippen LogP contribution in [0.15, 0.2) is 17.3 Å². The maximum Gasteiger partial charge on any atom is 0.319 e. The summed E-state index contributed by atoms with van der Waals surface area (Å²) in [5, 5.41) is 12.5. The molecule has 1 saturated carbocycles. The summed E-state index contributed by atoms with van der Waals surface area (Å²) in [4.78, 5) is 22.6. The molecule has 0 bridgehead atoms. The van der Waals surface area contributed by atoms with Gasteiger partial charge in [0.25, 0.3) is 22.4 Å². The number of nitrogens with zero attached hydrogens (tertiary/aromatic N) is 2. The first kappa shape index (κ1) is 16.3. The molecule has 2 rings (SSSR count). The average Bonchev–Trinajstić information content (AvgIpc) is 2.74. The van der Waals surface area contributed by atoms with Crippen molar-refractivity contribution in [2.45, 2.75) is 37.1 Å². The van der Waals surface area contributed by atoms with Gasteiger partial charge in [-0.1, -0.05) is 6.42 Å². The van der Waals surface area contributed by atoms with Crippen LogP contribution in [0.3, 0.4) is 0 Å². The molecule has 22 heavy (non-hydrogen) atoms. The minimum atomic E-state index is -4.36. The number of carbonyl (C=O) groups is 2. The molecule has 0 aromatic carbocycles. The molecular formula is C11H13F2N3O5S. The fraction of sp³-hybridized carbons (Fsp3) is 0.545. The Morgan fingerprint density at radius 2 is 2.09 bits per heavy atom. The highest BCUT2D eigenvalue weighted by Crippen LogP contribution is 2.41. The summed E-state index contributed by atoms with van der Waals surface area (Å²) in [6.45, 7) is -0.789. The lowest BCUT2D eigenvalue weighted by atomic mass is 9.68. The van der Waals surface area contributed by atoms with Crippen molar-refractivity contribution in [3.8, 4) is 0 Å². The van der Waals surface area contributed by atoms with E-state index in [4.69, 9.17) is 5.11 Å². The van der Waals surface area contributed by atoms with Crippen LogP contribution >= 0.6 is 0 Å². The zero-order valence-corrected chi connectivity index (χ0v) is 12.0. The lowest BCUT2D eigenvalue weighted by molar-refractivity contribution is -0.161. The molecule has 0 atom stereocenters. The summed E-state index contributed by atoms with van der Waals surface area (Å²) in [5.74, 6) is -2.52. The Labute approximate surface area is 124 Å². The number of aromatic nitrogens is 2. The van der Waals surface area contributed by atoms with Crippen LogP contribution in [0.4, 0.5) is 8.78 Å². The van der Waals surface area contributed by atoms with Crippen LogP contribution in [-0.2, 0) is 26.2 Å². The molecule has 1 aromatic heterocycles. The highest BCUT2D eigenvalue weighted by atomic mass is 32.2. The van der Waals surface area contributed by atoms with Gasteiger partial charge in [0.05, 0.1) is 6.20 Å². The second kappa shape index (κ2) is 5.63. The van der Waals surface area contributed by atoms with Crippen LogP contribution in [0.1, 0.15) is 19.3 Å². The van der Waals surface area contributed by atoms with Crippen LogP contribution < -0.4 is 4.72 Å². The fourth-order valence-electron chi connectivity index (χ4n) is 2.07. The molecule has 1 amide bonds.